The maximum atomic E-state index is 12.9. The molecule has 0 amide bonds. The second-order valence-electron chi connectivity index (χ2n) is 3.70. The van der Waals surface area contributed by atoms with E-state index in [2.05, 4.69) is 0 Å². The first-order valence-electron chi connectivity index (χ1n) is 4.88. The van der Waals surface area contributed by atoms with Gasteiger partial charge in [0.25, 0.3) is 5.78 Å². The molecule has 1 aromatic carbocycles. The van der Waals surface area contributed by atoms with E-state index in [4.69, 9.17) is 5.11 Å². The molecule has 0 atom stereocenters. The number of hydrogen-bond acceptors (Lipinski definition) is 2. The first kappa shape index (κ1) is 13.1. The molecule has 2 aromatic rings. The lowest BCUT2D eigenvalue weighted by Crippen LogP contribution is -2.18. The predicted molar refractivity (Wildman–Crippen MR) is 55.2 cm³/mol. The van der Waals surface area contributed by atoms with Crippen LogP contribution in [0.5, 0.6) is 0 Å². The van der Waals surface area contributed by atoms with E-state index in [1.807, 2.05) is 4.98 Å². The highest BCUT2D eigenvalue weighted by atomic mass is 19.4. The van der Waals surface area contributed by atoms with Crippen molar-refractivity contribution in [2.45, 2.75) is 6.18 Å². The molecule has 0 bridgehead atoms. The smallest absolute Gasteiger partial charge is 0.432 e. The summed E-state index contributed by atoms with van der Waals surface area (Å²) in [5.41, 5.74) is -2.81. The van der Waals surface area contributed by atoms with E-state index in [9.17, 15) is 27.2 Å². The van der Waals surface area contributed by atoms with Crippen LogP contribution in [-0.4, -0.2) is 21.8 Å². The molecule has 100 valence electrons. The van der Waals surface area contributed by atoms with Gasteiger partial charge in [-0.15, -0.1) is 0 Å². The normalized spacial score (nSPS) is 11.8. The number of rotatable bonds is 2. The van der Waals surface area contributed by atoms with Crippen LogP contribution in [0.15, 0.2) is 18.2 Å². The summed E-state index contributed by atoms with van der Waals surface area (Å²) in [7, 11) is 0. The zero-order chi connectivity index (χ0) is 14.4. The number of benzene rings is 1. The van der Waals surface area contributed by atoms with Gasteiger partial charge in [0.2, 0.25) is 0 Å². The fourth-order valence-corrected chi connectivity index (χ4v) is 1.73. The summed E-state index contributed by atoms with van der Waals surface area (Å²) < 4.78 is 51.2. The largest absolute Gasteiger partial charge is 0.475 e. The lowest BCUT2D eigenvalue weighted by Gasteiger charge is -2.05. The number of ketones is 1. The van der Waals surface area contributed by atoms with Gasteiger partial charge in [-0.1, -0.05) is 0 Å². The number of carbonyl (C=O) groups is 2. The minimum atomic E-state index is -4.95. The summed E-state index contributed by atoms with van der Waals surface area (Å²) in [6, 6.07) is 2.52. The molecule has 1 heterocycles. The zero-order valence-corrected chi connectivity index (χ0v) is 9.01. The van der Waals surface area contributed by atoms with Gasteiger partial charge in [-0.2, -0.15) is 13.2 Å². The summed E-state index contributed by atoms with van der Waals surface area (Å²) in [5, 5.41) is 8.26. The maximum absolute atomic E-state index is 12.9. The summed E-state index contributed by atoms with van der Waals surface area (Å²) in [6.45, 7) is 0. The predicted octanol–water partition coefficient (Wildman–Crippen LogP) is 2.59. The molecule has 2 N–H and O–H groups in total. The van der Waals surface area contributed by atoms with Crippen molar-refractivity contribution in [3.63, 3.8) is 0 Å². The Labute approximate surface area is 102 Å². The number of nitrogens with one attached hydrogen (secondary N) is 1. The third-order valence-electron chi connectivity index (χ3n) is 2.47. The van der Waals surface area contributed by atoms with Crippen LogP contribution in [0.25, 0.3) is 10.9 Å². The number of carbonyl (C=O) groups excluding carboxylic acids is 1. The highest BCUT2D eigenvalue weighted by molar-refractivity contribution is 6.42. The molecule has 0 fully saturated rings. The Hall–Kier alpha value is -2.38. The van der Waals surface area contributed by atoms with Gasteiger partial charge in [0.1, 0.15) is 11.5 Å². The van der Waals surface area contributed by atoms with Gasteiger partial charge in [0.15, 0.2) is 0 Å². The number of aromatic nitrogens is 1. The number of Topliss-reactive ketones (excluding diaryl/α,β-unsaturated/α-hetero) is 1. The van der Waals surface area contributed by atoms with Crippen LogP contribution in [0.1, 0.15) is 16.1 Å². The third kappa shape index (κ3) is 2.16. The summed E-state index contributed by atoms with van der Waals surface area (Å²) in [4.78, 5) is 23.8. The first-order chi connectivity index (χ1) is 8.71. The van der Waals surface area contributed by atoms with Crippen molar-refractivity contribution in [1.82, 2.24) is 4.98 Å². The van der Waals surface area contributed by atoms with Gasteiger partial charge in [0, 0.05) is 10.9 Å². The Bertz CT molecular complexity index is 687. The number of H-pyrrole nitrogens is 1. The van der Waals surface area contributed by atoms with Crippen molar-refractivity contribution in [3.8, 4) is 0 Å². The third-order valence-corrected chi connectivity index (χ3v) is 2.47. The average molecular weight is 275 g/mol. The lowest BCUT2D eigenvalue weighted by atomic mass is 10.1. The van der Waals surface area contributed by atoms with Crippen LogP contribution in [0.3, 0.4) is 0 Å². The summed E-state index contributed by atoms with van der Waals surface area (Å²) >= 11 is 0. The van der Waals surface area contributed by atoms with E-state index in [0.717, 1.165) is 18.2 Å². The van der Waals surface area contributed by atoms with Crippen LogP contribution in [0, 0.1) is 5.82 Å². The molecule has 1 aromatic heterocycles. The molecule has 0 radical (unpaired) electrons. The number of fused-ring (bicyclic) bond motifs is 1. The lowest BCUT2D eigenvalue weighted by molar-refractivity contribution is -0.141. The number of aromatic amines is 1. The van der Waals surface area contributed by atoms with Gasteiger partial charge >= 0.3 is 12.1 Å². The van der Waals surface area contributed by atoms with Crippen molar-refractivity contribution < 1.29 is 32.3 Å². The number of alkyl halides is 3. The number of carboxylic acids is 1. The zero-order valence-electron chi connectivity index (χ0n) is 9.01. The van der Waals surface area contributed by atoms with Gasteiger partial charge in [-0.3, -0.25) is 4.79 Å². The standard InChI is InChI=1S/C11H5F4NO3/c12-4-1-2-5-6(3-4)16-9(11(13,14)15)7(5)8(17)10(18)19/h1-3,16H,(H,18,19). The number of halogens is 4. The molecule has 0 unspecified atom stereocenters. The second-order valence-corrected chi connectivity index (χ2v) is 3.70. The van der Waals surface area contributed by atoms with Crippen molar-refractivity contribution in [3.05, 3.63) is 35.3 Å². The fraction of sp³-hybridized carbons (Fsp3) is 0.0909. The topological polar surface area (TPSA) is 70.2 Å². The Kier molecular flexibility index (Phi) is 2.80. The van der Waals surface area contributed by atoms with Crippen LogP contribution in [0.4, 0.5) is 17.6 Å². The van der Waals surface area contributed by atoms with E-state index in [-0.39, 0.29) is 10.9 Å². The summed E-state index contributed by atoms with van der Waals surface area (Å²) in [5.74, 6) is -4.53. The Morgan fingerprint density at radius 1 is 1.21 bits per heavy atom. The first-order valence-corrected chi connectivity index (χ1v) is 4.88. The van der Waals surface area contributed by atoms with E-state index < -0.39 is 35.0 Å². The van der Waals surface area contributed by atoms with Crippen LogP contribution < -0.4 is 0 Å². The number of carboxylic acid groups (broad SMARTS) is 1. The SMILES string of the molecule is O=C(O)C(=O)c1c(C(F)(F)F)[nH]c2cc(F)ccc12. The highest BCUT2D eigenvalue weighted by Gasteiger charge is 2.40. The molecule has 2 rings (SSSR count). The van der Waals surface area contributed by atoms with Gasteiger partial charge < -0.3 is 10.1 Å². The van der Waals surface area contributed by atoms with Gasteiger partial charge in [-0.05, 0) is 18.2 Å². The van der Waals surface area contributed by atoms with Gasteiger partial charge in [-0.25, -0.2) is 9.18 Å². The minimum Gasteiger partial charge on any atom is -0.475 e. The molecule has 0 saturated carbocycles. The van der Waals surface area contributed by atoms with E-state index in [1.54, 1.807) is 0 Å². The van der Waals surface area contributed by atoms with Crippen LogP contribution >= 0.6 is 0 Å². The molecular formula is C11H5F4NO3. The quantitative estimate of drug-likeness (QED) is 0.502. The number of aliphatic carboxylic acids is 1. The molecular weight excluding hydrogens is 270 g/mol. The Morgan fingerprint density at radius 2 is 1.84 bits per heavy atom. The Morgan fingerprint density at radius 3 is 2.37 bits per heavy atom. The molecule has 0 spiro atoms. The molecule has 0 aliphatic carbocycles. The Balaban J connectivity index is 2.84. The van der Waals surface area contributed by atoms with Crippen molar-refractivity contribution in [2.24, 2.45) is 0 Å². The van der Waals surface area contributed by atoms with Crippen molar-refractivity contribution >= 4 is 22.7 Å². The summed E-state index contributed by atoms with van der Waals surface area (Å²) in [6.07, 6.45) is -4.95. The maximum Gasteiger partial charge on any atom is 0.432 e. The molecule has 0 aliphatic rings. The van der Waals surface area contributed by atoms with Gasteiger partial charge in [0.05, 0.1) is 5.56 Å². The van der Waals surface area contributed by atoms with E-state index >= 15 is 0 Å². The van der Waals surface area contributed by atoms with E-state index in [1.165, 1.54) is 0 Å². The van der Waals surface area contributed by atoms with E-state index in [0.29, 0.717) is 0 Å². The number of hydrogen-bond donors (Lipinski definition) is 2. The van der Waals surface area contributed by atoms with Crippen LogP contribution in [0.2, 0.25) is 0 Å². The minimum absolute atomic E-state index is 0.291. The fourth-order valence-electron chi connectivity index (χ4n) is 1.73. The van der Waals surface area contributed by atoms with Crippen LogP contribution in [-0.2, 0) is 11.0 Å². The molecule has 0 saturated heterocycles. The highest BCUT2D eigenvalue weighted by Crippen LogP contribution is 2.35. The molecule has 0 aliphatic heterocycles. The molecule has 8 heteroatoms. The monoisotopic (exact) mass is 275 g/mol. The molecule has 19 heavy (non-hydrogen) atoms. The second kappa shape index (κ2) is 4.08. The van der Waals surface area contributed by atoms with Crippen molar-refractivity contribution in [2.75, 3.05) is 0 Å². The van der Waals surface area contributed by atoms with Crippen molar-refractivity contribution in [1.29, 1.82) is 0 Å². The average Bonchev–Trinajstić information content (AvgIpc) is 2.65. The molecule has 4 nitrogen and oxygen atoms in total.